The Hall–Kier alpha value is -4.10. The highest BCUT2D eigenvalue weighted by Crippen LogP contribution is 2.35. The molecule has 5 rings (SSSR count). The first-order chi connectivity index (χ1) is 18.2. The number of fused-ring (bicyclic) bond motifs is 1. The van der Waals surface area contributed by atoms with E-state index in [1.165, 1.54) is 4.90 Å². The minimum Gasteiger partial charge on any atom is -0.465 e. The van der Waals surface area contributed by atoms with Gasteiger partial charge in [0.05, 0.1) is 16.9 Å². The van der Waals surface area contributed by atoms with Crippen LogP contribution in [-0.4, -0.2) is 52.4 Å². The van der Waals surface area contributed by atoms with Crippen molar-refractivity contribution in [1.82, 2.24) is 24.4 Å². The van der Waals surface area contributed by atoms with E-state index in [9.17, 15) is 27.1 Å². The first-order valence-electron chi connectivity index (χ1n) is 11.8. The number of nitrogens with zero attached hydrogens (tertiary/aromatic N) is 4. The Kier molecular flexibility index (Phi) is 6.71. The van der Waals surface area contributed by atoms with Gasteiger partial charge in [-0.3, -0.25) is 4.68 Å². The lowest BCUT2D eigenvalue weighted by molar-refractivity contribution is 0.120. The maximum absolute atomic E-state index is 14.0. The van der Waals surface area contributed by atoms with Crippen LogP contribution in [0.5, 0.6) is 0 Å². The largest absolute Gasteiger partial charge is 0.465 e. The summed E-state index contributed by atoms with van der Waals surface area (Å²) in [5, 5.41) is 14.9. The Morgan fingerprint density at radius 3 is 2.53 bits per heavy atom. The SMILES string of the molecule is Nc1nccc2c1c(-c1ccc(CNS(=O)(=O)c3c(F)cccc3F)cc1)nn2[C@@H]1CCCN(C(=O)O)C1. The number of benzene rings is 2. The lowest BCUT2D eigenvalue weighted by Gasteiger charge is -2.31. The Bertz CT molecular complexity index is 1600. The van der Waals surface area contributed by atoms with Crippen LogP contribution in [0.25, 0.3) is 22.2 Å². The molecule has 13 heteroatoms. The molecule has 1 aliphatic heterocycles. The molecule has 4 N–H and O–H groups in total. The van der Waals surface area contributed by atoms with E-state index in [1.807, 2.05) is 0 Å². The number of halogens is 2. The van der Waals surface area contributed by atoms with E-state index in [1.54, 1.807) is 41.2 Å². The van der Waals surface area contributed by atoms with E-state index in [4.69, 9.17) is 10.8 Å². The molecule has 1 aliphatic rings. The van der Waals surface area contributed by atoms with E-state index in [0.29, 0.717) is 41.7 Å². The zero-order valence-electron chi connectivity index (χ0n) is 20.0. The van der Waals surface area contributed by atoms with E-state index >= 15 is 0 Å². The first-order valence-corrected chi connectivity index (χ1v) is 13.3. The average Bonchev–Trinajstić information content (AvgIpc) is 3.29. The molecule has 2 aromatic carbocycles. The lowest BCUT2D eigenvalue weighted by atomic mass is 10.1. The molecule has 0 aliphatic carbocycles. The standard InChI is InChI=1S/C25H24F2N6O4S/c26-18-4-1-5-19(27)23(18)38(36,37)30-13-15-6-8-16(9-7-15)22-21-20(10-11-29-24(21)28)33(31-22)17-3-2-12-32(14-17)25(34)35/h1,4-11,17,30H,2-3,12-14H2,(H2,28,29)(H,34,35)/t17-/m1/s1. The number of likely N-dealkylation sites (tertiary alicyclic amines) is 1. The second-order valence-electron chi connectivity index (χ2n) is 8.98. The van der Waals surface area contributed by atoms with Crippen LogP contribution in [0, 0.1) is 11.6 Å². The number of nitrogens with one attached hydrogen (secondary N) is 1. The summed E-state index contributed by atoms with van der Waals surface area (Å²) >= 11 is 0. The Balaban J connectivity index is 1.42. The highest BCUT2D eigenvalue weighted by molar-refractivity contribution is 7.89. The van der Waals surface area contributed by atoms with Crippen molar-refractivity contribution in [3.8, 4) is 11.3 Å². The molecule has 4 aromatic rings. The van der Waals surface area contributed by atoms with E-state index < -0.39 is 32.6 Å². The molecule has 1 amide bonds. The third-order valence-electron chi connectivity index (χ3n) is 6.54. The molecular weight excluding hydrogens is 518 g/mol. The second-order valence-corrected chi connectivity index (χ2v) is 10.7. The summed E-state index contributed by atoms with van der Waals surface area (Å²) in [4.78, 5) is 16.1. The summed E-state index contributed by atoms with van der Waals surface area (Å²) in [6, 6.07) is 11.3. The molecule has 0 radical (unpaired) electrons. The van der Waals surface area contributed by atoms with E-state index in [2.05, 4.69) is 9.71 Å². The van der Waals surface area contributed by atoms with Crippen molar-refractivity contribution in [3.05, 3.63) is 71.9 Å². The van der Waals surface area contributed by atoms with Gasteiger partial charge in [-0.15, -0.1) is 0 Å². The maximum Gasteiger partial charge on any atom is 0.407 e. The Morgan fingerprint density at radius 1 is 1.13 bits per heavy atom. The predicted molar refractivity (Wildman–Crippen MR) is 136 cm³/mol. The third-order valence-corrected chi connectivity index (χ3v) is 8.00. The number of carbonyl (C=O) groups is 1. The monoisotopic (exact) mass is 542 g/mol. The third kappa shape index (κ3) is 4.77. The fourth-order valence-corrected chi connectivity index (χ4v) is 5.84. The van der Waals surface area contributed by atoms with Crippen molar-refractivity contribution in [2.45, 2.75) is 30.3 Å². The van der Waals surface area contributed by atoms with Crippen LogP contribution in [0.3, 0.4) is 0 Å². The smallest absolute Gasteiger partial charge is 0.407 e. The van der Waals surface area contributed by atoms with Crippen LogP contribution >= 0.6 is 0 Å². The van der Waals surface area contributed by atoms with Crippen molar-refractivity contribution >= 4 is 32.8 Å². The topological polar surface area (TPSA) is 143 Å². The second kappa shape index (κ2) is 9.99. The van der Waals surface area contributed by atoms with E-state index in [0.717, 1.165) is 30.1 Å². The van der Waals surface area contributed by atoms with Crippen molar-refractivity contribution in [3.63, 3.8) is 0 Å². The molecule has 2 aromatic heterocycles. The van der Waals surface area contributed by atoms with Gasteiger partial charge in [0.1, 0.15) is 23.1 Å². The molecule has 1 atom stereocenters. The number of nitrogens with two attached hydrogens (primary N) is 1. The number of rotatable bonds is 6. The maximum atomic E-state index is 14.0. The van der Waals surface area contributed by atoms with Crippen LogP contribution < -0.4 is 10.5 Å². The number of sulfonamides is 1. The normalized spacial score (nSPS) is 16.2. The molecule has 0 unspecified atom stereocenters. The highest BCUT2D eigenvalue weighted by atomic mass is 32.2. The quantitative estimate of drug-likeness (QED) is 0.337. The van der Waals surface area contributed by atoms with Crippen LogP contribution in [0.1, 0.15) is 24.4 Å². The predicted octanol–water partition coefficient (Wildman–Crippen LogP) is 3.75. The van der Waals surface area contributed by atoms with Gasteiger partial charge in [-0.25, -0.2) is 31.7 Å². The van der Waals surface area contributed by atoms with Gasteiger partial charge in [0.15, 0.2) is 4.90 Å². The number of nitrogen functional groups attached to an aromatic ring is 1. The van der Waals surface area contributed by atoms with Crippen molar-refractivity contribution in [1.29, 1.82) is 0 Å². The molecule has 3 heterocycles. The number of aromatic nitrogens is 3. The van der Waals surface area contributed by atoms with Gasteiger partial charge in [0.2, 0.25) is 10.0 Å². The highest BCUT2D eigenvalue weighted by Gasteiger charge is 2.28. The molecular formula is C25H24F2N6O4S. The molecule has 0 saturated carbocycles. The average molecular weight is 543 g/mol. The summed E-state index contributed by atoms with van der Waals surface area (Å²) in [7, 11) is -4.42. The van der Waals surface area contributed by atoms with Crippen molar-refractivity contribution in [2.75, 3.05) is 18.8 Å². The summed E-state index contributed by atoms with van der Waals surface area (Å²) in [5.41, 5.74) is 8.73. The summed E-state index contributed by atoms with van der Waals surface area (Å²) in [5.74, 6) is -2.07. The fraction of sp³-hybridized carbons (Fsp3) is 0.240. The lowest BCUT2D eigenvalue weighted by Crippen LogP contribution is -2.40. The Morgan fingerprint density at radius 2 is 1.84 bits per heavy atom. The van der Waals surface area contributed by atoms with Crippen LogP contribution in [-0.2, 0) is 16.6 Å². The molecule has 0 bridgehead atoms. The number of piperidine rings is 1. The summed E-state index contributed by atoms with van der Waals surface area (Å²) in [6.45, 7) is 0.578. The zero-order valence-corrected chi connectivity index (χ0v) is 20.8. The van der Waals surface area contributed by atoms with Gasteiger partial charge >= 0.3 is 6.09 Å². The van der Waals surface area contributed by atoms with Gasteiger partial charge in [-0.1, -0.05) is 30.3 Å². The Labute approximate surface area is 216 Å². The van der Waals surface area contributed by atoms with Gasteiger partial charge in [0, 0.05) is 31.4 Å². The molecule has 1 fully saturated rings. The van der Waals surface area contributed by atoms with Crippen LogP contribution in [0.2, 0.25) is 0 Å². The number of anilines is 1. The molecule has 198 valence electrons. The number of hydrogen-bond acceptors (Lipinski definition) is 6. The zero-order chi connectivity index (χ0) is 27.0. The van der Waals surface area contributed by atoms with Gasteiger partial charge in [-0.05, 0) is 36.6 Å². The van der Waals surface area contributed by atoms with Crippen LogP contribution in [0.4, 0.5) is 19.4 Å². The van der Waals surface area contributed by atoms with Gasteiger partial charge in [0.25, 0.3) is 0 Å². The number of carboxylic acid groups (broad SMARTS) is 1. The molecule has 0 spiro atoms. The van der Waals surface area contributed by atoms with Gasteiger partial charge < -0.3 is 15.7 Å². The van der Waals surface area contributed by atoms with Crippen molar-refractivity contribution in [2.24, 2.45) is 0 Å². The van der Waals surface area contributed by atoms with Crippen molar-refractivity contribution < 1.29 is 27.1 Å². The van der Waals surface area contributed by atoms with E-state index in [-0.39, 0.29) is 18.4 Å². The molecule has 38 heavy (non-hydrogen) atoms. The fourth-order valence-electron chi connectivity index (χ4n) is 4.69. The number of hydrogen-bond donors (Lipinski definition) is 3. The van der Waals surface area contributed by atoms with Gasteiger partial charge in [-0.2, -0.15) is 5.10 Å². The minimum absolute atomic E-state index is 0.176. The molecule has 10 nitrogen and oxygen atoms in total. The summed E-state index contributed by atoms with van der Waals surface area (Å²) < 4.78 is 56.9. The number of amides is 1. The number of pyridine rings is 1. The molecule has 1 saturated heterocycles. The first kappa shape index (κ1) is 25.5. The van der Waals surface area contributed by atoms with Crippen LogP contribution in [0.15, 0.2) is 59.6 Å². The minimum atomic E-state index is -4.42. The summed E-state index contributed by atoms with van der Waals surface area (Å²) in [6.07, 6.45) is 2.06.